The van der Waals surface area contributed by atoms with Crippen molar-refractivity contribution in [3.05, 3.63) is 59.1 Å². The van der Waals surface area contributed by atoms with Crippen LogP contribution in [-0.2, 0) is 11.0 Å². The summed E-state index contributed by atoms with van der Waals surface area (Å²) in [6, 6.07) is 9.79. The molecule has 0 unspecified atom stereocenters. The van der Waals surface area contributed by atoms with Crippen LogP contribution in [0.25, 0.3) is 0 Å². The summed E-state index contributed by atoms with van der Waals surface area (Å²) < 4.78 is 37.3. The van der Waals surface area contributed by atoms with E-state index in [4.69, 9.17) is 11.6 Å². The number of nitrogens with one attached hydrogen (secondary N) is 3. The van der Waals surface area contributed by atoms with Crippen LogP contribution in [0.5, 0.6) is 0 Å². The zero-order valence-corrected chi connectivity index (χ0v) is 13.4. The molecule has 0 aliphatic heterocycles. The summed E-state index contributed by atoms with van der Waals surface area (Å²) in [6.45, 7) is -0.354. The van der Waals surface area contributed by atoms with Gasteiger partial charge in [-0.15, -0.1) is 0 Å². The lowest BCUT2D eigenvalue weighted by Crippen LogP contribution is -2.35. The van der Waals surface area contributed by atoms with Crippen LogP contribution in [0.2, 0.25) is 5.02 Å². The van der Waals surface area contributed by atoms with Gasteiger partial charge >= 0.3 is 12.2 Å². The molecule has 2 aromatic rings. The fourth-order valence-corrected chi connectivity index (χ4v) is 2.04. The minimum Gasteiger partial charge on any atom is -0.329 e. The van der Waals surface area contributed by atoms with Crippen LogP contribution in [0.4, 0.5) is 29.3 Å². The Kier molecular flexibility index (Phi) is 5.87. The van der Waals surface area contributed by atoms with Crippen LogP contribution in [0.15, 0.2) is 48.5 Å². The van der Waals surface area contributed by atoms with E-state index < -0.39 is 23.7 Å². The average molecular weight is 372 g/mol. The van der Waals surface area contributed by atoms with Crippen molar-refractivity contribution in [1.29, 1.82) is 0 Å². The molecule has 9 heteroatoms. The van der Waals surface area contributed by atoms with E-state index in [1.165, 1.54) is 6.07 Å². The number of urea groups is 1. The van der Waals surface area contributed by atoms with Crippen molar-refractivity contribution in [2.75, 3.05) is 17.2 Å². The molecule has 2 rings (SSSR count). The van der Waals surface area contributed by atoms with Crippen LogP contribution < -0.4 is 16.0 Å². The number of hydrogen-bond donors (Lipinski definition) is 3. The van der Waals surface area contributed by atoms with E-state index in [0.717, 1.165) is 24.3 Å². The van der Waals surface area contributed by atoms with Gasteiger partial charge in [0, 0.05) is 16.4 Å². The maximum atomic E-state index is 12.4. The molecule has 0 aromatic heterocycles. The summed E-state index contributed by atoms with van der Waals surface area (Å²) in [5.74, 6) is -0.582. The van der Waals surface area contributed by atoms with Crippen molar-refractivity contribution in [2.24, 2.45) is 0 Å². The lowest BCUT2D eigenvalue weighted by atomic mass is 10.2. The molecular formula is C16H13ClF3N3O2. The molecule has 0 saturated carbocycles. The third kappa shape index (κ3) is 6.00. The van der Waals surface area contributed by atoms with Crippen molar-refractivity contribution < 1.29 is 22.8 Å². The zero-order valence-electron chi connectivity index (χ0n) is 12.7. The summed E-state index contributed by atoms with van der Waals surface area (Å²) in [6.07, 6.45) is -4.44. The molecule has 0 heterocycles. The number of alkyl halides is 3. The molecule has 0 saturated heterocycles. The molecular weight excluding hydrogens is 359 g/mol. The number of benzene rings is 2. The van der Waals surface area contributed by atoms with Gasteiger partial charge in [0.2, 0.25) is 5.91 Å². The summed E-state index contributed by atoms with van der Waals surface area (Å²) >= 11 is 5.78. The Morgan fingerprint density at radius 3 is 2.24 bits per heavy atom. The Bertz CT molecular complexity index is 764. The first kappa shape index (κ1) is 18.6. The Balaban J connectivity index is 1.81. The van der Waals surface area contributed by atoms with Gasteiger partial charge in [-0.2, -0.15) is 13.2 Å². The second kappa shape index (κ2) is 7.89. The molecule has 0 radical (unpaired) electrons. The van der Waals surface area contributed by atoms with Gasteiger partial charge in [-0.25, -0.2) is 4.79 Å². The molecule has 0 aliphatic carbocycles. The zero-order chi connectivity index (χ0) is 18.4. The monoisotopic (exact) mass is 371 g/mol. The molecule has 0 atom stereocenters. The van der Waals surface area contributed by atoms with Gasteiger partial charge in [-0.1, -0.05) is 17.7 Å². The largest absolute Gasteiger partial charge is 0.416 e. The predicted octanol–water partition coefficient (Wildman–Crippen LogP) is 4.12. The fraction of sp³-hybridized carbons (Fsp3) is 0.125. The van der Waals surface area contributed by atoms with Crippen LogP contribution in [-0.4, -0.2) is 18.5 Å². The lowest BCUT2D eigenvalue weighted by Gasteiger charge is -2.10. The second-order valence-corrected chi connectivity index (χ2v) is 5.38. The van der Waals surface area contributed by atoms with Gasteiger partial charge < -0.3 is 16.0 Å². The van der Waals surface area contributed by atoms with Gasteiger partial charge in [0.25, 0.3) is 0 Å². The number of hydrogen-bond acceptors (Lipinski definition) is 2. The van der Waals surface area contributed by atoms with E-state index in [2.05, 4.69) is 16.0 Å². The highest BCUT2D eigenvalue weighted by molar-refractivity contribution is 6.30. The average Bonchev–Trinajstić information content (AvgIpc) is 2.53. The Hall–Kier alpha value is -2.74. The first-order valence-electron chi connectivity index (χ1n) is 7.01. The Labute approximate surface area is 146 Å². The molecule has 0 bridgehead atoms. The molecule has 0 aliphatic rings. The number of carbonyl (C=O) groups excluding carboxylic acids is 2. The third-order valence-electron chi connectivity index (χ3n) is 2.99. The van der Waals surface area contributed by atoms with Gasteiger partial charge in [0.05, 0.1) is 12.1 Å². The third-order valence-corrected chi connectivity index (χ3v) is 3.22. The topological polar surface area (TPSA) is 70.2 Å². The Morgan fingerprint density at radius 1 is 0.960 bits per heavy atom. The molecule has 2 aromatic carbocycles. The van der Waals surface area contributed by atoms with E-state index >= 15 is 0 Å². The highest BCUT2D eigenvalue weighted by atomic mass is 35.5. The highest BCUT2D eigenvalue weighted by Gasteiger charge is 2.29. The minimum atomic E-state index is -4.44. The van der Waals surface area contributed by atoms with Crippen molar-refractivity contribution in [3.8, 4) is 0 Å². The van der Waals surface area contributed by atoms with E-state index in [9.17, 15) is 22.8 Å². The molecule has 0 fully saturated rings. The van der Waals surface area contributed by atoms with Crippen molar-refractivity contribution >= 4 is 34.9 Å². The van der Waals surface area contributed by atoms with Crippen LogP contribution in [0.1, 0.15) is 5.56 Å². The SMILES string of the molecule is O=C(CNC(=O)Nc1cccc(Cl)c1)Nc1ccc(C(F)(F)F)cc1. The van der Waals surface area contributed by atoms with Crippen molar-refractivity contribution in [3.63, 3.8) is 0 Å². The standard InChI is InChI=1S/C16H13ClF3N3O2/c17-11-2-1-3-13(8-11)23-15(25)21-9-14(24)22-12-6-4-10(5-7-12)16(18,19)20/h1-8H,9H2,(H,22,24)(H2,21,23,25). The lowest BCUT2D eigenvalue weighted by molar-refractivity contribution is -0.137. The van der Waals surface area contributed by atoms with Gasteiger partial charge in [-0.05, 0) is 42.5 Å². The van der Waals surface area contributed by atoms with E-state index in [0.29, 0.717) is 10.7 Å². The first-order valence-corrected chi connectivity index (χ1v) is 7.39. The van der Waals surface area contributed by atoms with Gasteiger partial charge in [0.15, 0.2) is 0 Å². The summed E-state index contributed by atoms with van der Waals surface area (Å²) in [4.78, 5) is 23.4. The van der Waals surface area contributed by atoms with E-state index in [1.807, 2.05) is 0 Å². The van der Waals surface area contributed by atoms with Crippen molar-refractivity contribution in [2.45, 2.75) is 6.18 Å². The highest BCUT2D eigenvalue weighted by Crippen LogP contribution is 2.29. The van der Waals surface area contributed by atoms with E-state index in [1.54, 1.807) is 18.2 Å². The van der Waals surface area contributed by atoms with Crippen LogP contribution >= 0.6 is 11.6 Å². The van der Waals surface area contributed by atoms with E-state index in [-0.39, 0.29) is 12.2 Å². The molecule has 0 spiro atoms. The normalized spacial score (nSPS) is 10.9. The predicted molar refractivity (Wildman–Crippen MR) is 88.5 cm³/mol. The number of rotatable bonds is 4. The number of anilines is 2. The first-order chi connectivity index (χ1) is 11.7. The quantitative estimate of drug-likeness (QED) is 0.756. The molecule has 3 N–H and O–H groups in total. The van der Waals surface area contributed by atoms with Gasteiger partial charge in [-0.3, -0.25) is 4.79 Å². The van der Waals surface area contributed by atoms with Gasteiger partial charge in [0.1, 0.15) is 0 Å². The summed E-state index contributed by atoms with van der Waals surface area (Å²) in [7, 11) is 0. The number of carbonyl (C=O) groups is 2. The summed E-state index contributed by atoms with van der Waals surface area (Å²) in [5.41, 5.74) is -0.173. The molecule has 5 nitrogen and oxygen atoms in total. The Morgan fingerprint density at radius 2 is 1.64 bits per heavy atom. The maximum absolute atomic E-state index is 12.4. The molecule has 25 heavy (non-hydrogen) atoms. The second-order valence-electron chi connectivity index (χ2n) is 4.94. The maximum Gasteiger partial charge on any atom is 0.416 e. The smallest absolute Gasteiger partial charge is 0.329 e. The minimum absolute atomic E-state index is 0.190. The fourth-order valence-electron chi connectivity index (χ4n) is 1.85. The summed E-state index contributed by atoms with van der Waals surface area (Å²) in [5, 5.41) is 7.63. The van der Waals surface area contributed by atoms with Crippen LogP contribution in [0, 0.1) is 0 Å². The number of halogens is 4. The molecule has 132 valence electrons. The number of amides is 3. The molecule has 3 amide bonds. The van der Waals surface area contributed by atoms with Crippen molar-refractivity contribution in [1.82, 2.24) is 5.32 Å². The van der Waals surface area contributed by atoms with Crippen LogP contribution in [0.3, 0.4) is 0 Å².